The molecular weight excluding hydrogens is 201 g/mol. The lowest BCUT2D eigenvalue weighted by Gasteiger charge is -2.13. The van der Waals surface area contributed by atoms with Gasteiger partial charge in [-0.05, 0) is 17.5 Å². The maximum absolute atomic E-state index is 12.5. The molecule has 0 nitrogen and oxygen atoms in total. The number of hydrogen-bond donors (Lipinski definition) is 0. The van der Waals surface area contributed by atoms with Crippen molar-refractivity contribution < 1.29 is 13.2 Å². The molecule has 0 fully saturated rings. The summed E-state index contributed by atoms with van der Waals surface area (Å²) in [5.74, 6) is 0. The summed E-state index contributed by atoms with van der Waals surface area (Å²) in [7, 11) is 0. The van der Waals surface area contributed by atoms with Crippen molar-refractivity contribution in [3.05, 3.63) is 42.0 Å². The fourth-order valence-corrected chi connectivity index (χ4v) is 1.45. The molecule has 0 atom stereocenters. The summed E-state index contributed by atoms with van der Waals surface area (Å²) in [6, 6.07) is 6.54. The lowest BCUT2D eigenvalue weighted by Crippen LogP contribution is -2.11. The smallest absolute Gasteiger partial charge is 0.166 e. The highest BCUT2D eigenvalue weighted by molar-refractivity contribution is 5.70. The van der Waals surface area contributed by atoms with E-state index in [-0.39, 0.29) is 5.56 Å². The maximum Gasteiger partial charge on any atom is 0.416 e. The fourth-order valence-electron chi connectivity index (χ4n) is 1.45. The molecule has 82 valence electrons. The molecule has 3 heteroatoms. The van der Waals surface area contributed by atoms with Gasteiger partial charge in [0.25, 0.3) is 0 Å². The van der Waals surface area contributed by atoms with Crippen LogP contribution >= 0.6 is 0 Å². The second kappa shape index (κ2) is 4.51. The Morgan fingerprint density at radius 3 is 2.40 bits per heavy atom. The van der Waals surface area contributed by atoms with Crippen LogP contribution in [0.15, 0.2) is 30.8 Å². The number of alkyl halides is 3. The highest BCUT2D eigenvalue weighted by atomic mass is 19.4. The molecule has 1 aromatic rings. The molecule has 0 aliphatic carbocycles. The van der Waals surface area contributed by atoms with Crippen molar-refractivity contribution in [2.45, 2.75) is 25.9 Å². The number of aryl methyl sites for hydroxylation is 1. The molecule has 0 aliphatic rings. The Morgan fingerprint density at radius 1 is 1.27 bits per heavy atom. The molecular formula is C12H13F3. The van der Waals surface area contributed by atoms with Crippen LogP contribution < -0.4 is 0 Å². The van der Waals surface area contributed by atoms with Crippen LogP contribution in [0, 0.1) is 0 Å². The molecule has 0 aromatic heterocycles. The van der Waals surface area contributed by atoms with E-state index in [2.05, 4.69) is 6.58 Å². The first-order valence-electron chi connectivity index (χ1n) is 4.81. The van der Waals surface area contributed by atoms with E-state index < -0.39 is 11.7 Å². The van der Waals surface area contributed by atoms with Crippen molar-refractivity contribution in [3.8, 4) is 0 Å². The van der Waals surface area contributed by atoms with Crippen molar-refractivity contribution >= 4 is 5.57 Å². The Balaban J connectivity index is 3.08. The zero-order valence-corrected chi connectivity index (χ0v) is 8.56. The van der Waals surface area contributed by atoms with E-state index in [0.29, 0.717) is 12.0 Å². The van der Waals surface area contributed by atoms with E-state index in [1.165, 1.54) is 6.07 Å². The summed E-state index contributed by atoms with van der Waals surface area (Å²) in [5, 5.41) is 0. The summed E-state index contributed by atoms with van der Waals surface area (Å²) in [5.41, 5.74) is 0.167. The van der Waals surface area contributed by atoms with Gasteiger partial charge in [0.15, 0.2) is 0 Å². The number of hydrogen-bond acceptors (Lipinski definition) is 0. The summed E-state index contributed by atoms with van der Waals surface area (Å²) >= 11 is 0. The third kappa shape index (κ3) is 2.85. The van der Waals surface area contributed by atoms with Gasteiger partial charge in [0, 0.05) is 0 Å². The average Bonchev–Trinajstić information content (AvgIpc) is 2.17. The minimum absolute atomic E-state index is 0.215. The van der Waals surface area contributed by atoms with Crippen LogP contribution in [0.5, 0.6) is 0 Å². The standard InChI is InChI=1S/C12H13F3/c1-3-6-10-7-4-5-8-11(10)9(2)12(13,14)15/h4-5,7-8H,2-3,6H2,1H3. The Kier molecular flexibility index (Phi) is 3.56. The quantitative estimate of drug-likeness (QED) is 0.706. The third-order valence-electron chi connectivity index (χ3n) is 2.20. The predicted molar refractivity (Wildman–Crippen MR) is 55.5 cm³/mol. The molecule has 1 aromatic carbocycles. The molecule has 0 saturated heterocycles. The van der Waals surface area contributed by atoms with Crippen LogP contribution in [0.1, 0.15) is 24.5 Å². The van der Waals surface area contributed by atoms with Gasteiger partial charge < -0.3 is 0 Å². The minimum Gasteiger partial charge on any atom is -0.166 e. The maximum atomic E-state index is 12.5. The van der Waals surface area contributed by atoms with Gasteiger partial charge in [0.05, 0.1) is 5.57 Å². The lowest BCUT2D eigenvalue weighted by molar-refractivity contribution is -0.0687. The molecule has 0 unspecified atom stereocenters. The lowest BCUT2D eigenvalue weighted by atomic mass is 9.97. The van der Waals surface area contributed by atoms with Crippen molar-refractivity contribution in [2.24, 2.45) is 0 Å². The Bertz CT molecular complexity index is 350. The second-order valence-electron chi connectivity index (χ2n) is 3.38. The first kappa shape index (κ1) is 11.8. The van der Waals surface area contributed by atoms with Gasteiger partial charge in [-0.15, -0.1) is 0 Å². The number of allylic oxidation sites excluding steroid dienone is 1. The summed E-state index contributed by atoms with van der Waals surface area (Å²) in [6.45, 7) is 5.05. The zero-order chi connectivity index (χ0) is 11.5. The second-order valence-corrected chi connectivity index (χ2v) is 3.38. The summed E-state index contributed by atoms with van der Waals surface area (Å²) in [6.07, 6.45) is -2.88. The molecule has 0 spiro atoms. The van der Waals surface area contributed by atoms with Gasteiger partial charge in [-0.1, -0.05) is 44.2 Å². The highest BCUT2D eigenvalue weighted by Gasteiger charge is 2.33. The van der Waals surface area contributed by atoms with E-state index in [9.17, 15) is 13.2 Å². The third-order valence-corrected chi connectivity index (χ3v) is 2.20. The highest BCUT2D eigenvalue weighted by Crippen LogP contribution is 2.34. The van der Waals surface area contributed by atoms with Crippen molar-refractivity contribution in [2.75, 3.05) is 0 Å². The molecule has 1 rings (SSSR count). The van der Waals surface area contributed by atoms with Crippen LogP contribution in [0.25, 0.3) is 5.57 Å². The Labute approximate surface area is 87.4 Å². The number of benzene rings is 1. The van der Waals surface area contributed by atoms with Crippen LogP contribution in [0.3, 0.4) is 0 Å². The molecule has 0 N–H and O–H groups in total. The first-order valence-corrected chi connectivity index (χ1v) is 4.81. The summed E-state index contributed by atoms with van der Waals surface area (Å²) in [4.78, 5) is 0. The Morgan fingerprint density at radius 2 is 1.87 bits per heavy atom. The molecule has 15 heavy (non-hydrogen) atoms. The van der Waals surface area contributed by atoms with Gasteiger partial charge >= 0.3 is 6.18 Å². The number of rotatable bonds is 3. The Hall–Kier alpha value is -1.25. The van der Waals surface area contributed by atoms with Gasteiger partial charge in [0.2, 0.25) is 0 Å². The van der Waals surface area contributed by atoms with Crippen molar-refractivity contribution in [1.82, 2.24) is 0 Å². The van der Waals surface area contributed by atoms with Crippen LogP contribution in [0.4, 0.5) is 13.2 Å². The van der Waals surface area contributed by atoms with E-state index >= 15 is 0 Å². The fraction of sp³-hybridized carbons (Fsp3) is 0.333. The van der Waals surface area contributed by atoms with Gasteiger partial charge in [-0.3, -0.25) is 0 Å². The number of halogens is 3. The van der Waals surface area contributed by atoms with Gasteiger partial charge in [-0.25, -0.2) is 0 Å². The molecule has 0 radical (unpaired) electrons. The van der Waals surface area contributed by atoms with Crippen LogP contribution in [-0.4, -0.2) is 6.18 Å². The normalized spacial score (nSPS) is 11.5. The molecule has 0 amide bonds. The largest absolute Gasteiger partial charge is 0.416 e. The van der Waals surface area contributed by atoms with Gasteiger partial charge in [0.1, 0.15) is 0 Å². The molecule has 0 heterocycles. The SMILES string of the molecule is C=C(c1ccccc1CCC)C(F)(F)F. The average molecular weight is 214 g/mol. The molecule has 0 saturated carbocycles. The van der Waals surface area contributed by atoms with E-state index in [1.54, 1.807) is 18.2 Å². The first-order chi connectivity index (χ1) is 6.96. The van der Waals surface area contributed by atoms with Crippen LogP contribution in [0.2, 0.25) is 0 Å². The minimum atomic E-state index is -4.34. The van der Waals surface area contributed by atoms with E-state index in [4.69, 9.17) is 0 Å². The topological polar surface area (TPSA) is 0 Å². The predicted octanol–water partition coefficient (Wildman–Crippen LogP) is 4.21. The van der Waals surface area contributed by atoms with Gasteiger partial charge in [-0.2, -0.15) is 13.2 Å². The molecule has 0 aliphatic heterocycles. The van der Waals surface area contributed by atoms with Crippen molar-refractivity contribution in [3.63, 3.8) is 0 Å². The van der Waals surface area contributed by atoms with Crippen molar-refractivity contribution in [1.29, 1.82) is 0 Å². The zero-order valence-electron chi connectivity index (χ0n) is 8.56. The van der Waals surface area contributed by atoms with E-state index in [0.717, 1.165) is 6.42 Å². The monoisotopic (exact) mass is 214 g/mol. The molecule has 0 bridgehead atoms. The summed E-state index contributed by atoms with van der Waals surface area (Å²) < 4.78 is 37.4. The van der Waals surface area contributed by atoms with E-state index in [1.807, 2.05) is 6.92 Å². The van der Waals surface area contributed by atoms with Crippen LogP contribution in [-0.2, 0) is 6.42 Å².